The Hall–Kier alpha value is -5.42. The predicted octanol–water partition coefficient (Wildman–Crippen LogP) is 7.49. The highest BCUT2D eigenvalue weighted by Crippen LogP contribution is 2.33. The lowest BCUT2D eigenvalue weighted by Gasteiger charge is -2.21. The number of nitrogens with two attached hydrogens (primary N) is 1. The molecule has 1 atom stereocenters. The van der Waals surface area contributed by atoms with Gasteiger partial charge in [-0.3, -0.25) is 4.79 Å². The predicted molar refractivity (Wildman–Crippen MR) is 172 cm³/mol. The summed E-state index contributed by atoms with van der Waals surface area (Å²) in [5.41, 5.74) is 8.68. The fraction of sp³-hybridized carbons (Fsp3) is 0.194. The summed E-state index contributed by atoms with van der Waals surface area (Å²) < 4.78 is 47.0. The van der Waals surface area contributed by atoms with E-state index in [1.165, 1.54) is 25.0 Å². The van der Waals surface area contributed by atoms with E-state index in [-0.39, 0.29) is 24.0 Å². The summed E-state index contributed by atoms with van der Waals surface area (Å²) in [7, 11) is 0. The molecule has 1 aliphatic rings. The summed E-state index contributed by atoms with van der Waals surface area (Å²) in [5, 5.41) is 10.1. The van der Waals surface area contributed by atoms with E-state index in [2.05, 4.69) is 52.1 Å². The van der Waals surface area contributed by atoms with Crippen molar-refractivity contribution in [2.75, 3.05) is 11.9 Å². The molecule has 0 radical (unpaired) electrons. The van der Waals surface area contributed by atoms with Gasteiger partial charge in [0.25, 0.3) is 5.91 Å². The lowest BCUT2D eigenvalue weighted by molar-refractivity contribution is -0.141. The van der Waals surface area contributed by atoms with Gasteiger partial charge in [-0.1, -0.05) is 78.9 Å². The van der Waals surface area contributed by atoms with Crippen LogP contribution in [-0.4, -0.2) is 28.3 Å². The van der Waals surface area contributed by atoms with E-state index >= 15 is 0 Å². The van der Waals surface area contributed by atoms with Crippen LogP contribution in [0.15, 0.2) is 109 Å². The van der Waals surface area contributed by atoms with Crippen molar-refractivity contribution >= 4 is 17.7 Å². The minimum Gasteiger partial charge on any atom is -0.445 e. The summed E-state index contributed by atoms with van der Waals surface area (Å²) >= 11 is 0. The number of hydrogen-bond donors (Lipinski definition) is 3. The maximum absolute atomic E-state index is 13.7. The monoisotopic (exact) mass is 639 g/mol. The maximum atomic E-state index is 13.7. The first kappa shape index (κ1) is 31.6. The van der Waals surface area contributed by atoms with Gasteiger partial charge in [0.2, 0.25) is 0 Å². The molecule has 1 heterocycles. The number of nitrogens with zero attached hydrogens (tertiary/aromatic N) is 2. The van der Waals surface area contributed by atoms with Crippen molar-refractivity contribution in [3.8, 4) is 16.8 Å². The molecule has 0 spiro atoms. The molecule has 0 bridgehead atoms. The number of aromatic nitrogens is 2. The van der Waals surface area contributed by atoms with Crippen molar-refractivity contribution < 1.29 is 27.5 Å². The molecule has 4 N–H and O–H groups in total. The van der Waals surface area contributed by atoms with Crippen molar-refractivity contribution in [3.05, 3.63) is 137 Å². The number of nitrogens with one attached hydrogen (secondary N) is 2. The Labute approximate surface area is 269 Å². The van der Waals surface area contributed by atoms with Crippen molar-refractivity contribution in [3.63, 3.8) is 0 Å². The van der Waals surface area contributed by atoms with Crippen LogP contribution in [0, 0.1) is 5.92 Å². The first-order chi connectivity index (χ1) is 22.6. The molecule has 240 valence electrons. The average molecular weight is 640 g/mol. The number of carbonyl (C=O) groups is 2. The third-order valence-electron chi connectivity index (χ3n) is 7.91. The zero-order chi connectivity index (χ0) is 33.0. The van der Waals surface area contributed by atoms with Gasteiger partial charge >= 0.3 is 12.3 Å². The number of primary amides is 1. The number of rotatable bonds is 11. The second kappa shape index (κ2) is 13.5. The molecule has 0 saturated heterocycles. The molecule has 8 nitrogen and oxygen atoms in total. The first-order valence-corrected chi connectivity index (χ1v) is 15.1. The number of anilines is 1. The molecular weight excluding hydrogens is 607 g/mol. The Morgan fingerprint density at radius 2 is 1.60 bits per heavy atom. The minimum absolute atomic E-state index is 0.174. The second-order valence-corrected chi connectivity index (χ2v) is 11.5. The topological polar surface area (TPSA) is 111 Å². The van der Waals surface area contributed by atoms with Gasteiger partial charge in [0.05, 0.1) is 11.7 Å². The van der Waals surface area contributed by atoms with Gasteiger partial charge < -0.3 is 21.1 Å². The lowest BCUT2D eigenvalue weighted by Crippen LogP contribution is -2.25. The zero-order valence-corrected chi connectivity index (χ0v) is 25.2. The van der Waals surface area contributed by atoms with Crippen molar-refractivity contribution in [1.29, 1.82) is 0 Å². The summed E-state index contributed by atoms with van der Waals surface area (Å²) in [6.45, 7) is 0.639. The molecule has 1 aromatic heterocycles. The van der Waals surface area contributed by atoms with Gasteiger partial charge in [0.1, 0.15) is 12.3 Å². The van der Waals surface area contributed by atoms with Crippen LogP contribution in [0.2, 0.25) is 0 Å². The van der Waals surface area contributed by atoms with Gasteiger partial charge in [0.15, 0.2) is 5.69 Å². The van der Waals surface area contributed by atoms with Crippen LogP contribution in [0.5, 0.6) is 0 Å². The molecule has 6 rings (SSSR count). The molecular formula is C36H32F3N5O3. The number of benzene rings is 4. The van der Waals surface area contributed by atoms with E-state index in [1.807, 2.05) is 30.3 Å². The standard InChI is InChI=1S/C36H32F3N5O3/c37-36(38,39)32-20-31(44(43-32)30-11-4-6-24(18-30)22-47-35(40)46)34(45)42-29-10-5-9-28(19-29)33(41-21-23-12-13-23)27-16-14-26(15-17-27)25-7-2-1-3-8-25/h1-11,14-20,23,33,41H,12-13,21-22H2,(H2,40,46)(H,42,45). The smallest absolute Gasteiger partial charge is 0.435 e. The zero-order valence-electron chi connectivity index (χ0n) is 25.2. The second-order valence-electron chi connectivity index (χ2n) is 11.5. The highest BCUT2D eigenvalue weighted by molar-refractivity contribution is 6.03. The van der Waals surface area contributed by atoms with E-state index in [4.69, 9.17) is 10.5 Å². The molecule has 4 aromatic carbocycles. The largest absolute Gasteiger partial charge is 0.445 e. The summed E-state index contributed by atoms with van der Waals surface area (Å²) in [4.78, 5) is 24.6. The minimum atomic E-state index is -4.79. The number of hydrogen-bond acceptors (Lipinski definition) is 5. The molecule has 47 heavy (non-hydrogen) atoms. The average Bonchev–Trinajstić information content (AvgIpc) is 3.78. The van der Waals surface area contributed by atoms with Crippen molar-refractivity contribution in [2.45, 2.75) is 31.7 Å². The van der Waals surface area contributed by atoms with Crippen LogP contribution in [0.4, 0.5) is 23.7 Å². The molecule has 1 fully saturated rings. The van der Waals surface area contributed by atoms with Gasteiger partial charge in [-0.25, -0.2) is 9.48 Å². The van der Waals surface area contributed by atoms with E-state index in [1.54, 1.807) is 24.3 Å². The molecule has 1 aliphatic carbocycles. The fourth-order valence-corrected chi connectivity index (χ4v) is 5.34. The molecule has 0 aliphatic heterocycles. The SMILES string of the molecule is NC(=O)OCc1cccc(-n2nc(C(F)(F)F)cc2C(=O)Nc2cccc(C(NCC3CC3)c3ccc(-c4ccccc4)cc3)c2)c1. The highest BCUT2D eigenvalue weighted by atomic mass is 19.4. The Balaban J connectivity index is 1.27. The summed E-state index contributed by atoms with van der Waals surface area (Å²) in [6, 6.07) is 32.3. The third kappa shape index (κ3) is 7.87. The summed E-state index contributed by atoms with van der Waals surface area (Å²) in [5.74, 6) is -0.161. The third-order valence-corrected chi connectivity index (χ3v) is 7.91. The van der Waals surface area contributed by atoms with E-state index in [0.29, 0.717) is 23.2 Å². The summed E-state index contributed by atoms with van der Waals surface area (Å²) in [6.07, 6.45) is -3.43. The Kier molecular flexibility index (Phi) is 9.08. The first-order valence-electron chi connectivity index (χ1n) is 15.1. The van der Waals surface area contributed by atoms with Crippen LogP contribution in [-0.2, 0) is 17.5 Å². The number of halogens is 3. The van der Waals surface area contributed by atoms with E-state index in [0.717, 1.165) is 33.5 Å². The quantitative estimate of drug-likeness (QED) is 0.139. The molecule has 1 unspecified atom stereocenters. The molecule has 11 heteroatoms. The maximum Gasteiger partial charge on any atom is 0.435 e. The van der Waals surface area contributed by atoms with Crippen LogP contribution in [0.3, 0.4) is 0 Å². The number of amides is 2. The number of carbonyl (C=O) groups excluding carboxylic acids is 2. The van der Waals surface area contributed by atoms with Gasteiger partial charge in [-0.15, -0.1) is 0 Å². The highest BCUT2D eigenvalue weighted by Gasteiger charge is 2.36. The Morgan fingerprint density at radius 1 is 0.872 bits per heavy atom. The van der Waals surface area contributed by atoms with Gasteiger partial charge in [-0.05, 0) is 77.4 Å². The molecule has 2 amide bonds. The van der Waals surface area contributed by atoms with Gasteiger partial charge in [-0.2, -0.15) is 18.3 Å². The van der Waals surface area contributed by atoms with Crippen molar-refractivity contribution in [1.82, 2.24) is 15.1 Å². The lowest BCUT2D eigenvalue weighted by atomic mass is 9.95. The van der Waals surface area contributed by atoms with Crippen molar-refractivity contribution in [2.24, 2.45) is 11.7 Å². The molecule has 1 saturated carbocycles. The van der Waals surface area contributed by atoms with E-state index in [9.17, 15) is 22.8 Å². The van der Waals surface area contributed by atoms with Crippen LogP contribution in [0.25, 0.3) is 16.8 Å². The Morgan fingerprint density at radius 3 is 2.30 bits per heavy atom. The van der Waals surface area contributed by atoms with Gasteiger partial charge in [0, 0.05) is 11.8 Å². The molecule has 5 aromatic rings. The number of ether oxygens (including phenoxy) is 1. The van der Waals surface area contributed by atoms with Crippen LogP contribution in [0.1, 0.15) is 51.8 Å². The number of alkyl halides is 3. The van der Waals surface area contributed by atoms with Crippen LogP contribution < -0.4 is 16.4 Å². The normalized spacial score (nSPS) is 13.6. The fourth-order valence-electron chi connectivity index (χ4n) is 5.34. The van der Waals surface area contributed by atoms with Crippen LogP contribution >= 0.6 is 0 Å². The van der Waals surface area contributed by atoms with E-state index < -0.39 is 23.9 Å². The Bertz CT molecular complexity index is 1870.